The second-order valence-electron chi connectivity index (χ2n) is 5.11. The summed E-state index contributed by atoms with van der Waals surface area (Å²) in [4.78, 5) is 4.49. The number of rotatable bonds is 4. The lowest BCUT2D eigenvalue weighted by Gasteiger charge is -2.20. The first-order valence-corrected chi connectivity index (χ1v) is 7.17. The second kappa shape index (κ2) is 6.00. The van der Waals surface area contributed by atoms with Gasteiger partial charge in [-0.1, -0.05) is 30.3 Å². The minimum atomic E-state index is 0.545. The molecule has 0 radical (unpaired) electrons. The van der Waals surface area contributed by atoms with Crippen LogP contribution in [0, 0.1) is 0 Å². The summed E-state index contributed by atoms with van der Waals surface area (Å²) in [6.45, 7) is 3.41. The molecule has 0 aromatic heterocycles. The van der Waals surface area contributed by atoms with Crippen molar-refractivity contribution < 1.29 is 9.47 Å². The topological polar surface area (TPSA) is 30.8 Å². The van der Waals surface area contributed by atoms with Crippen LogP contribution in [0.1, 0.15) is 23.6 Å². The lowest BCUT2D eigenvalue weighted by molar-refractivity contribution is 0.283. The van der Waals surface area contributed by atoms with Crippen LogP contribution in [0.2, 0.25) is 0 Å². The molecule has 0 unspecified atom stereocenters. The molecule has 2 aromatic carbocycles. The highest BCUT2D eigenvalue weighted by atomic mass is 16.5. The normalized spacial score (nSPS) is 13.3. The number of benzene rings is 2. The minimum absolute atomic E-state index is 0.545. The Morgan fingerprint density at radius 3 is 2.67 bits per heavy atom. The molecule has 3 rings (SSSR count). The van der Waals surface area contributed by atoms with Crippen LogP contribution in [0.25, 0.3) is 0 Å². The zero-order valence-corrected chi connectivity index (χ0v) is 12.4. The van der Waals surface area contributed by atoms with Gasteiger partial charge in [-0.05, 0) is 31.0 Å². The Labute approximate surface area is 125 Å². The SMILES string of the molecule is COc1c(OCc2ccccc2)ccc2c1CCN=C2C. The molecule has 0 saturated carbocycles. The maximum atomic E-state index is 5.95. The van der Waals surface area contributed by atoms with Crippen LogP contribution in [0.3, 0.4) is 0 Å². The van der Waals surface area contributed by atoms with E-state index in [4.69, 9.17) is 9.47 Å². The molecule has 0 atom stereocenters. The van der Waals surface area contributed by atoms with Gasteiger partial charge in [0.05, 0.1) is 7.11 Å². The largest absolute Gasteiger partial charge is 0.493 e. The summed E-state index contributed by atoms with van der Waals surface area (Å²) in [5, 5.41) is 0. The van der Waals surface area contributed by atoms with Crippen LogP contribution in [-0.4, -0.2) is 19.4 Å². The van der Waals surface area contributed by atoms with Gasteiger partial charge in [0.25, 0.3) is 0 Å². The van der Waals surface area contributed by atoms with Gasteiger partial charge in [-0.2, -0.15) is 0 Å². The highest BCUT2D eigenvalue weighted by molar-refractivity contribution is 6.01. The van der Waals surface area contributed by atoms with E-state index in [2.05, 4.69) is 23.2 Å². The number of hydrogen-bond acceptors (Lipinski definition) is 3. The summed E-state index contributed by atoms with van der Waals surface area (Å²) in [6.07, 6.45) is 0.901. The first-order chi connectivity index (χ1) is 10.3. The zero-order valence-electron chi connectivity index (χ0n) is 12.4. The molecule has 2 aromatic rings. The van der Waals surface area contributed by atoms with E-state index < -0.39 is 0 Å². The Bertz CT molecular complexity index is 662. The second-order valence-corrected chi connectivity index (χ2v) is 5.11. The van der Waals surface area contributed by atoms with Gasteiger partial charge in [-0.3, -0.25) is 4.99 Å². The van der Waals surface area contributed by atoms with E-state index in [0.29, 0.717) is 6.61 Å². The Morgan fingerprint density at radius 1 is 1.10 bits per heavy atom. The molecule has 21 heavy (non-hydrogen) atoms. The number of ether oxygens (including phenoxy) is 2. The van der Waals surface area contributed by atoms with Crippen molar-refractivity contribution in [2.45, 2.75) is 20.0 Å². The molecule has 3 heteroatoms. The van der Waals surface area contributed by atoms with E-state index >= 15 is 0 Å². The predicted molar refractivity (Wildman–Crippen MR) is 84.6 cm³/mol. The van der Waals surface area contributed by atoms with Crippen LogP contribution in [0.4, 0.5) is 0 Å². The van der Waals surface area contributed by atoms with Crippen LogP contribution >= 0.6 is 0 Å². The first-order valence-electron chi connectivity index (χ1n) is 7.17. The van der Waals surface area contributed by atoms with E-state index in [-0.39, 0.29) is 0 Å². The summed E-state index contributed by atoms with van der Waals surface area (Å²) in [5.74, 6) is 1.65. The molecular weight excluding hydrogens is 262 g/mol. The molecule has 0 spiro atoms. The van der Waals surface area contributed by atoms with Gasteiger partial charge in [-0.25, -0.2) is 0 Å². The molecule has 108 valence electrons. The average molecular weight is 281 g/mol. The van der Waals surface area contributed by atoms with Crippen molar-refractivity contribution in [3.8, 4) is 11.5 Å². The molecule has 3 nitrogen and oxygen atoms in total. The summed E-state index contributed by atoms with van der Waals surface area (Å²) < 4.78 is 11.6. The fraction of sp³-hybridized carbons (Fsp3) is 0.278. The van der Waals surface area contributed by atoms with E-state index in [9.17, 15) is 0 Å². The Morgan fingerprint density at radius 2 is 1.90 bits per heavy atom. The monoisotopic (exact) mass is 281 g/mol. The lowest BCUT2D eigenvalue weighted by atomic mass is 9.97. The van der Waals surface area contributed by atoms with Crippen molar-refractivity contribution in [3.63, 3.8) is 0 Å². The van der Waals surface area contributed by atoms with Gasteiger partial charge in [0.1, 0.15) is 6.61 Å². The number of aliphatic imine (C=N–C) groups is 1. The minimum Gasteiger partial charge on any atom is -0.493 e. The summed E-state index contributed by atoms with van der Waals surface area (Å²) in [6, 6.07) is 14.2. The quantitative estimate of drug-likeness (QED) is 0.856. The maximum Gasteiger partial charge on any atom is 0.164 e. The van der Waals surface area contributed by atoms with Gasteiger partial charge < -0.3 is 9.47 Å². The van der Waals surface area contributed by atoms with Gasteiger partial charge in [-0.15, -0.1) is 0 Å². The number of hydrogen-bond donors (Lipinski definition) is 0. The standard InChI is InChI=1S/C18H19NO2/c1-13-15-8-9-17(18(20-2)16(15)10-11-19-13)21-12-14-6-4-3-5-7-14/h3-9H,10-12H2,1-2H3. The third-order valence-electron chi connectivity index (χ3n) is 3.77. The number of methoxy groups -OCH3 is 1. The molecule has 1 aliphatic heterocycles. The van der Waals surface area contributed by atoms with Crippen LogP contribution in [0.15, 0.2) is 47.5 Å². The van der Waals surface area contributed by atoms with Crippen molar-refractivity contribution >= 4 is 5.71 Å². The van der Waals surface area contributed by atoms with Gasteiger partial charge in [0, 0.05) is 23.4 Å². The van der Waals surface area contributed by atoms with E-state index in [1.54, 1.807) is 7.11 Å². The summed E-state index contributed by atoms with van der Waals surface area (Å²) in [5.41, 5.74) is 4.60. The van der Waals surface area contributed by atoms with Crippen LogP contribution in [0.5, 0.6) is 11.5 Å². The molecule has 1 heterocycles. The van der Waals surface area contributed by atoms with Crippen LogP contribution in [-0.2, 0) is 13.0 Å². The third kappa shape index (κ3) is 2.77. The lowest BCUT2D eigenvalue weighted by Crippen LogP contribution is -2.12. The van der Waals surface area contributed by atoms with E-state index in [1.165, 1.54) is 11.1 Å². The third-order valence-corrected chi connectivity index (χ3v) is 3.77. The Hall–Kier alpha value is -2.29. The van der Waals surface area contributed by atoms with E-state index in [0.717, 1.165) is 35.7 Å². The molecule has 0 N–H and O–H groups in total. The zero-order chi connectivity index (χ0) is 14.7. The van der Waals surface area contributed by atoms with Crippen molar-refractivity contribution in [1.82, 2.24) is 0 Å². The maximum absolute atomic E-state index is 5.95. The summed E-state index contributed by atoms with van der Waals surface area (Å²) >= 11 is 0. The average Bonchev–Trinajstić information content (AvgIpc) is 2.53. The molecule has 0 bridgehead atoms. The Kier molecular flexibility index (Phi) is 3.91. The van der Waals surface area contributed by atoms with Gasteiger partial charge >= 0.3 is 0 Å². The smallest absolute Gasteiger partial charge is 0.164 e. The highest BCUT2D eigenvalue weighted by Gasteiger charge is 2.19. The number of fused-ring (bicyclic) bond motifs is 1. The predicted octanol–water partition coefficient (Wildman–Crippen LogP) is 3.64. The molecular formula is C18H19NO2. The highest BCUT2D eigenvalue weighted by Crippen LogP contribution is 2.36. The van der Waals surface area contributed by atoms with E-state index in [1.807, 2.05) is 31.2 Å². The van der Waals surface area contributed by atoms with Crippen molar-refractivity contribution in [2.75, 3.05) is 13.7 Å². The fourth-order valence-corrected chi connectivity index (χ4v) is 2.69. The molecule has 0 fully saturated rings. The van der Waals surface area contributed by atoms with Crippen LogP contribution < -0.4 is 9.47 Å². The van der Waals surface area contributed by atoms with Crippen molar-refractivity contribution in [3.05, 3.63) is 59.2 Å². The number of nitrogens with zero attached hydrogens (tertiary/aromatic N) is 1. The van der Waals surface area contributed by atoms with Crippen molar-refractivity contribution in [2.24, 2.45) is 4.99 Å². The van der Waals surface area contributed by atoms with Crippen molar-refractivity contribution in [1.29, 1.82) is 0 Å². The first kappa shape index (κ1) is 13.7. The fourth-order valence-electron chi connectivity index (χ4n) is 2.69. The molecule has 0 amide bonds. The summed E-state index contributed by atoms with van der Waals surface area (Å²) in [7, 11) is 1.70. The van der Waals surface area contributed by atoms with Gasteiger partial charge in [0.15, 0.2) is 11.5 Å². The molecule has 0 aliphatic carbocycles. The molecule has 0 saturated heterocycles. The Balaban J connectivity index is 1.88. The molecule has 1 aliphatic rings. The van der Waals surface area contributed by atoms with Gasteiger partial charge in [0.2, 0.25) is 0 Å².